The van der Waals surface area contributed by atoms with Gasteiger partial charge in [-0.2, -0.15) is 0 Å². The molecule has 0 aromatic carbocycles. The van der Waals surface area contributed by atoms with Crippen molar-refractivity contribution in [2.75, 3.05) is 13.2 Å². The number of nitrogens with zero attached hydrogens (tertiary/aromatic N) is 1. The van der Waals surface area contributed by atoms with Crippen LogP contribution in [0.4, 0.5) is 0 Å². The van der Waals surface area contributed by atoms with Gasteiger partial charge in [0.05, 0.1) is 6.10 Å². The van der Waals surface area contributed by atoms with E-state index in [-0.39, 0.29) is 12.1 Å². The van der Waals surface area contributed by atoms with Crippen LogP contribution in [0.3, 0.4) is 0 Å². The maximum Gasteiger partial charge on any atom is 0.132 e. The highest BCUT2D eigenvalue weighted by atomic mass is 16.6. The fourth-order valence-corrected chi connectivity index (χ4v) is 1.45. The zero-order valence-corrected chi connectivity index (χ0v) is 9.29. The molecule has 0 amide bonds. The number of aliphatic hydroxyl groups excluding tert-OH is 1. The molecule has 84 valence electrons. The lowest BCUT2D eigenvalue weighted by molar-refractivity contribution is 0.118. The molecular weight excluding hydrogens is 192 g/mol. The van der Waals surface area contributed by atoms with Crippen molar-refractivity contribution in [3.63, 3.8) is 0 Å². The lowest BCUT2D eigenvalue weighted by Gasteiger charge is -2.07. The van der Waals surface area contributed by atoms with E-state index in [1.54, 1.807) is 6.92 Å². The maximum absolute atomic E-state index is 9.26. The topological polar surface area (TPSA) is 53.9 Å². The Kier molecular flexibility index (Phi) is 5.16. The van der Waals surface area contributed by atoms with Crippen LogP contribution < -0.4 is 5.32 Å². The minimum absolute atomic E-state index is 0.205. The fraction of sp³-hybridized carbons (Fsp3) is 0.727. The van der Waals surface area contributed by atoms with Gasteiger partial charge < -0.3 is 15.3 Å². The summed E-state index contributed by atoms with van der Waals surface area (Å²) in [5.41, 5.74) is 0.760. The Hall–Kier alpha value is -1.05. The summed E-state index contributed by atoms with van der Waals surface area (Å²) in [6, 6.07) is 0.205. The van der Waals surface area contributed by atoms with Crippen molar-refractivity contribution in [1.82, 2.24) is 5.32 Å². The normalized spacial score (nSPS) is 25.9. The second kappa shape index (κ2) is 6.44. The van der Waals surface area contributed by atoms with Crippen LogP contribution in [0.2, 0.25) is 0 Å². The number of aliphatic hydroxyl groups is 1. The molecule has 4 nitrogen and oxygen atoms in total. The Balaban J connectivity index is 2.26. The number of nitrogens with one attached hydrogen (secondary N) is 1. The van der Waals surface area contributed by atoms with Crippen LogP contribution in [0.25, 0.3) is 0 Å². The second-order valence-electron chi connectivity index (χ2n) is 3.56. The van der Waals surface area contributed by atoms with Gasteiger partial charge in [0.15, 0.2) is 0 Å². The Morgan fingerprint density at radius 1 is 1.67 bits per heavy atom. The van der Waals surface area contributed by atoms with Crippen molar-refractivity contribution in [2.24, 2.45) is 5.16 Å². The first-order chi connectivity index (χ1) is 7.26. The van der Waals surface area contributed by atoms with Crippen molar-refractivity contribution in [1.29, 1.82) is 0 Å². The molecule has 15 heavy (non-hydrogen) atoms. The van der Waals surface area contributed by atoms with Gasteiger partial charge in [0, 0.05) is 12.6 Å². The molecule has 0 aliphatic carbocycles. The lowest BCUT2D eigenvalue weighted by Crippen LogP contribution is -2.26. The molecule has 1 rings (SSSR count). The SMILES string of the molecule is CC#C/C(CC)=N\OC[C@@H]1C[C@H](O)CN1. The van der Waals surface area contributed by atoms with Crippen LogP contribution in [0.1, 0.15) is 26.7 Å². The molecule has 0 spiro atoms. The number of hydrogen-bond donors (Lipinski definition) is 2. The number of oxime groups is 1. The molecule has 1 saturated heterocycles. The van der Waals surface area contributed by atoms with Crippen molar-refractivity contribution < 1.29 is 9.94 Å². The molecule has 1 aliphatic rings. The van der Waals surface area contributed by atoms with Gasteiger partial charge in [0.2, 0.25) is 0 Å². The maximum atomic E-state index is 9.26. The van der Waals surface area contributed by atoms with Gasteiger partial charge in [-0.1, -0.05) is 18.0 Å². The standard InChI is InChI=1S/C11H18N2O2/c1-3-5-9(4-2)13-15-8-10-6-11(14)7-12-10/h10-12,14H,4,6-8H2,1-2H3/b13-9-/t10-,11-/m0/s1. The summed E-state index contributed by atoms with van der Waals surface area (Å²) in [5, 5.41) is 16.4. The Morgan fingerprint density at radius 2 is 2.47 bits per heavy atom. The number of β-amino-alcohol motifs (C(OH)–C–C–N with tert-alkyl or cyclic N) is 1. The minimum atomic E-state index is -0.247. The van der Waals surface area contributed by atoms with Gasteiger partial charge in [0.25, 0.3) is 0 Å². The van der Waals surface area contributed by atoms with E-state index in [9.17, 15) is 5.11 Å². The first kappa shape index (κ1) is 12.0. The summed E-state index contributed by atoms with van der Waals surface area (Å²) in [7, 11) is 0. The van der Waals surface area contributed by atoms with Crippen LogP contribution in [0, 0.1) is 11.8 Å². The Bertz CT molecular complexity index is 278. The van der Waals surface area contributed by atoms with E-state index in [0.29, 0.717) is 13.2 Å². The summed E-state index contributed by atoms with van der Waals surface area (Å²) in [4.78, 5) is 5.18. The van der Waals surface area contributed by atoms with Crippen LogP contribution in [0.5, 0.6) is 0 Å². The van der Waals surface area contributed by atoms with Crippen molar-refractivity contribution in [3.05, 3.63) is 0 Å². The van der Waals surface area contributed by atoms with E-state index in [1.807, 2.05) is 6.92 Å². The average molecular weight is 210 g/mol. The first-order valence-corrected chi connectivity index (χ1v) is 5.29. The van der Waals surface area contributed by atoms with Crippen molar-refractivity contribution >= 4 is 5.71 Å². The number of rotatable bonds is 4. The van der Waals surface area contributed by atoms with Crippen LogP contribution in [-0.4, -0.2) is 36.1 Å². The van der Waals surface area contributed by atoms with E-state index in [0.717, 1.165) is 18.6 Å². The summed E-state index contributed by atoms with van der Waals surface area (Å²) in [6.07, 6.45) is 1.27. The quantitative estimate of drug-likeness (QED) is 0.404. The molecule has 2 atom stereocenters. The third-order valence-corrected chi connectivity index (χ3v) is 2.25. The van der Waals surface area contributed by atoms with Crippen LogP contribution in [0.15, 0.2) is 5.16 Å². The highest BCUT2D eigenvalue weighted by Gasteiger charge is 2.22. The summed E-state index contributed by atoms with van der Waals surface area (Å²) in [5.74, 6) is 5.66. The molecule has 0 unspecified atom stereocenters. The number of hydrogen-bond acceptors (Lipinski definition) is 4. The van der Waals surface area contributed by atoms with E-state index in [4.69, 9.17) is 4.84 Å². The zero-order valence-electron chi connectivity index (χ0n) is 9.29. The molecule has 4 heteroatoms. The molecule has 1 fully saturated rings. The molecule has 0 saturated carbocycles. The highest BCUT2D eigenvalue weighted by Crippen LogP contribution is 2.06. The fourth-order valence-electron chi connectivity index (χ4n) is 1.45. The van der Waals surface area contributed by atoms with Gasteiger partial charge in [-0.25, -0.2) is 0 Å². The second-order valence-corrected chi connectivity index (χ2v) is 3.56. The Morgan fingerprint density at radius 3 is 3.00 bits per heavy atom. The zero-order chi connectivity index (χ0) is 11.1. The van der Waals surface area contributed by atoms with Gasteiger partial charge in [-0.3, -0.25) is 0 Å². The summed E-state index contributed by atoms with van der Waals surface area (Å²) >= 11 is 0. The largest absolute Gasteiger partial charge is 0.393 e. The van der Waals surface area contributed by atoms with Crippen LogP contribution >= 0.6 is 0 Å². The molecule has 0 aromatic rings. The van der Waals surface area contributed by atoms with E-state index in [1.165, 1.54) is 0 Å². The molecule has 1 aliphatic heterocycles. The van der Waals surface area contributed by atoms with Crippen LogP contribution in [-0.2, 0) is 4.84 Å². The van der Waals surface area contributed by atoms with Gasteiger partial charge in [0.1, 0.15) is 12.3 Å². The van der Waals surface area contributed by atoms with Gasteiger partial charge in [-0.05, 0) is 25.7 Å². The molecule has 1 heterocycles. The molecule has 2 N–H and O–H groups in total. The predicted molar refractivity (Wildman–Crippen MR) is 59.5 cm³/mol. The smallest absolute Gasteiger partial charge is 0.132 e. The molecule has 0 bridgehead atoms. The van der Waals surface area contributed by atoms with Gasteiger partial charge in [-0.15, -0.1) is 0 Å². The van der Waals surface area contributed by atoms with Crippen molar-refractivity contribution in [2.45, 2.75) is 38.8 Å². The Labute approximate surface area is 90.7 Å². The predicted octanol–water partition coefficient (Wildman–Crippen LogP) is 0.515. The van der Waals surface area contributed by atoms with Crippen molar-refractivity contribution in [3.8, 4) is 11.8 Å². The summed E-state index contributed by atoms with van der Waals surface area (Å²) in [6.45, 7) is 4.91. The molecule has 0 radical (unpaired) electrons. The van der Waals surface area contributed by atoms with E-state index < -0.39 is 0 Å². The van der Waals surface area contributed by atoms with E-state index >= 15 is 0 Å². The first-order valence-electron chi connectivity index (χ1n) is 5.29. The van der Waals surface area contributed by atoms with E-state index in [2.05, 4.69) is 22.3 Å². The third kappa shape index (κ3) is 4.32. The lowest BCUT2D eigenvalue weighted by atomic mass is 10.2. The monoisotopic (exact) mass is 210 g/mol. The average Bonchev–Trinajstić information content (AvgIpc) is 2.63. The molecule has 0 aromatic heterocycles. The third-order valence-electron chi connectivity index (χ3n) is 2.25. The summed E-state index contributed by atoms with van der Waals surface area (Å²) < 4.78 is 0. The minimum Gasteiger partial charge on any atom is -0.393 e. The molecular formula is C11H18N2O2. The van der Waals surface area contributed by atoms with Gasteiger partial charge >= 0.3 is 0 Å². The highest BCUT2D eigenvalue weighted by molar-refractivity contribution is 5.99.